The number of hydrogen-bond donors (Lipinski definition) is 2. The Labute approximate surface area is 230 Å². The number of carbonyl (C=O) groups excluding carboxylic acids is 3. The summed E-state index contributed by atoms with van der Waals surface area (Å²) in [5.74, 6) is 0.302. The van der Waals surface area contributed by atoms with Crippen molar-refractivity contribution in [2.45, 2.75) is 77.0 Å². The van der Waals surface area contributed by atoms with Crippen molar-refractivity contribution in [1.82, 2.24) is 15.3 Å². The van der Waals surface area contributed by atoms with Gasteiger partial charge in [0, 0.05) is 31.2 Å². The fourth-order valence-electron chi connectivity index (χ4n) is 3.43. The number of nitrogens with one attached hydrogen (secondary N) is 1. The number of alkyl carbamates (subject to hydrolysis) is 1. The molecule has 2 fully saturated rings. The highest BCUT2D eigenvalue weighted by Crippen LogP contribution is 2.29. The molecule has 3 N–H and O–H groups in total. The van der Waals surface area contributed by atoms with Crippen LogP contribution in [0.15, 0.2) is 49.1 Å². The molecule has 2 aliphatic rings. The Morgan fingerprint density at radius 1 is 0.897 bits per heavy atom. The number of nitrogens with zero attached hydrogens (tertiary/aromatic N) is 2. The van der Waals surface area contributed by atoms with Gasteiger partial charge in [0.15, 0.2) is 0 Å². The molecule has 2 atom stereocenters. The summed E-state index contributed by atoms with van der Waals surface area (Å²) < 4.78 is 15.6. The van der Waals surface area contributed by atoms with E-state index in [-0.39, 0.29) is 5.97 Å². The minimum absolute atomic E-state index is 0.309. The van der Waals surface area contributed by atoms with Crippen molar-refractivity contribution < 1.29 is 28.6 Å². The smallest absolute Gasteiger partial charge is 0.408 e. The second-order valence-corrected chi connectivity index (χ2v) is 11.1. The molecule has 0 radical (unpaired) electrons. The summed E-state index contributed by atoms with van der Waals surface area (Å²) in [7, 11) is 0. The number of rotatable bonds is 11. The number of amides is 1. The molecule has 2 aromatic heterocycles. The first kappa shape index (κ1) is 30.0. The Kier molecular flexibility index (Phi) is 11.2. The van der Waals surface area contributed by atoms with Crippen molar-refractivity contribution in [1.29, 1.82) is 0 Å². The molecule has 2 heterocycles. The predicted molar refractivity (Wildman–Crippen MR) is 144 cm³/mol. The standard InChI is InChI=1S/C17H24N2O4.C12H16N2O2/c1-17(2,3)23-16(21)19-14(9-13-5-4-8-18-10-13)15(20)22-11-12-6-7-12;13-11(6-10-2-1-5-14-7-10)12(15)16-8-9-3-4-9/h4-5,8,10,12,14H,6-7,9,11H2,1-3H3,(H,19,21);1-2,5,7,9,11H,3-4,6,8,13H2/t14-;11-/m11/s1. The van der Waals surface area contributed by atoms with Crippen LogP contribution in [0.4, 0.5) is 4.79 Å². The molecule has 39 heavy (non-hydrogen) atoms. The van der Waals surface area contributed by atoms with Crippen molar-refractivity contribution in [2.75, 3.05) is 13.2 Å². The summed E-state index contributed by atoms with van der Waals surface area (Å²) in [6, 6.07) is 6.01. The number of esters is 2. The lowest BCUT2D eigenvalue weighted by atomic mass is 10.1. The fraction of sp³-hybridized carbons (Fsp3) is 0.552. The van der Waals surface area contributed by atoms with E-state index in [2.05, 4.69) is 15.3 Å². The molecule has 0 unspecified atom stereocenters. The summed E-state index contributed by atoms with van der Waals surface area (Å²) in [5.41, 5.74) is 6.93. The van der Waals surface area contributed by atoms with Crippen LogP contribution in [-0.4, -0.2) is 58.9 Å². The SMILES string of the molecule is CC(C)(C)OC(=O)N[C@H](Cc1cccnc1)C(=O)OCC1CC1.N[C@H](Cc1cccnc1)C(=O)OCC1CC1. The van der Waals surface area contributed by atoms with Crippen LogP contribution in [0.25, 0.3) is 0 Å². The van der Waals surface area contributed by atoms with Crippen LogP contribution >= 0.6 is 0 Å². The molecule has 10 nitrogen and oxygen atoms in total. The van der Waals surface area contributed by atoms with Gasteiger partial charge in [0.2, 0.25) is 0 Å². The largest absolute Gasteiger partial charge is 0.464 e. The number of ether oxygens (including phenoxy) is 3. The quantitative estimate of drug-likeness (QED) is 0.324. The first-order chi connectivity index (χ1) is 18.6. The van der Waals surface area contributed by atoms with E-state index >= 15 is 0 Å². The fourth-order valence-corrected chi connectivity index (χ4v) is 3.43. The molecule has 4 rings (SSSR count). The van der Waals surface area contributed by atoms with Crippen molar-refractivity contribution in [3.63, 3.8) is 0 Å². The van der Waals surface area contributed by atoms with Gasteiger partial charge in [-0.3, -0.25) is 14.8 Å². The number of pyridine rings is 2. The number of carbonyl (C=O) groups is 3. The van der Waals surface area contributed by atoms with E-state index in [9.17, 15) is 14.4 Å². The number of aromatic nitrogens is 2. The Morgan fingerprint density at radius 2 is 1.41 bits per heavy atom. The van der Waals surface area contributed by atoms with Gasteiger partial charge < -0.3 is 25.3 Å². The molecule has 0 spiro atoms. The maximum atomic E-state index is 12.3. The van der Waals surface area contributed by atoms with Crippen molar-refractivity contribution >= 4 is 18.0 Å². The maximum Gasteiger partial charge on any atom is 0.408 e. The summed E-state index contributed by atoms with van der Waals surface area (Å²) >= 11 is 0. The molecule has 2 aromatic rings. The zero-order valence-electron chi connectivity index (χ0n) is 23.0. The summed E-state index contributed by atoms with van der Waals surface area (Å²) in [6.07, 6.45) is 11.4. The lowest BCUT2D eigenvalue weighted by Crippen LogP contribution is -2.45. The van der Waals surface area contributed by atoms with E-state index in [0.29, 0.717) is 37.9 Å². The van der Waals surface area contributed by atoms with E-state index < -0.39 is 29.7 Å². The van der Waals surface area contributed by atoms with Gasteiger partial charge in [-0.1, -0.05) is 12.1 Å². The van der Waals surface area contributed by atoms with Crippen molar-refractivity contribution in [3.05, 3.63) is 60.2 Å². The summed E-state index contributed by atoms with van der Waals surface area (Å²) in [4.78, 5) is 43.7. The monoisotopic (exact) mass is 540 g/mol. The molecular weight excluding hydrogens is 500 g/mol. The third kappa shape index (κ3) is 12.7. The topological polar surface area (TPSA) is 143 Å². The number of nitrogens with two attached hydrogens (primary N) is 1. The molecule has 2 saturated carbocycles. The van der Waals surface area contributed by atoms with Crippen LogP contribution in [0.1, 0.15) is 57.6 Å². The second kappa shape index (κ2) is 14.6. The number of hydrogen-bond acceptors (Lipinski definition) is 9. The van der Waals surface area contributed by atoms with E-state index in [1.54, 1.807) is 51.6 Å². The van der Waals surface area contributed by atoms with Crippen molar-refractivity contribution in [3.8, 4) is 0 Å². The van der Waals surface area contributed by atoms with Crippen LogP contribution in [0.3, 0.4) is 0 Å². The van der Waals surface area contributed by atoms with Crippen LogP contribution < -0.4 is 11.1 Å². The highest BCUT2D eigenvalue weighted by molar-refractivity contribution is 5.81. The third-order valence-electron chi connectivity index (χ3n) is 5.94. The molecule has 1 amide bonds. The Balaban J connectivity index is 0.000000230. The van der Waals surface area contributed by atoms with Crippen LogP contribution in [-0.2, 0) is 36.6 Å². The van der Waals surface area contributed by atoms with Crippen LogP contribution in [0.2, 0.25) is 0 Å². The van der Waals surface area contributed by atoms with Crippen LogP contribution in [0, 0.1) is 11.8 Å². The Hall–Kier alpha value is -3.53. The molecule has 0 aromatic carbocycles. The Morgan fingerprint density at radius 3 is 1.87 bits per heavy atom. The minimum Gasteiger partial charge on any atom is -0.464 e. The lowest BCUT2D eigenvalue weighted by molar-refractivity contribution is -0.147. The van der Waals surface area contributed by atoms with Gasteiger partial charge in [0.25, 0.3) is 0 Å². The first-order valence-electron chi connectivity index (χ1n) is 13.4. The first-order valence-corrected chi connectivity index (χ1v) is 13.4. The molecule has 212 valence electrons. The lowest BCUT2D eigenvalue weighted by Gasteiger charge is -2.23. The van der Waals surface area contributed by atoms with Crippen molar-refractivity contribution in [2.24, 2.45) is 17.6 Å². The molecule has 2 aliphatic carbocycles. The van der Waals surface area contributed by atoms with Gasteiger partial charge >= 0.3 is 18.0 Å². The molecule has 0 saturated heterocycles. The van der Waals surface area contributed by atoms with E-state index in [4.69, 9.17) is 19.9 Å². The zero-order chi connectivity index (χ0) is 28.3. The predicted octanol–water partition coefficient (Wildman–Crippen LogP) is 3.38. The third-order valence-corrected chi connectivity index (χ3v) is 5.94. The molecule has 0 bridgehead atoms. The van der Waals surface area contributed by atoms with Gasteiger partial charge in [-0.25, -0.2) is 9.59 Å². The normalized spacial score (nSPS) is 16.1. The van der Waals surface area contributed by atoms with E-state index in [0.717, 1.165) is 24.0 Å². The average molecular weight is 541 g/mol. The summed E-state index contributed by atoms with van der Waals surface area (Å²) in [6.45, 7) is 6.26. The minimum atomic E-state index is -0.784. The summed E-state index contributed by atoms with van der Waals surface area (Å²) in [5, 5.41) is 2.60. The highest BCUT2D eigenvalue weighted by atomic mass is 16.6. The zero-order valence-corrected chi connectivity index (χ0v) is 23.0. The maximum absolute atomic E-state index is 12.3. The molecule has 10 heteroatoms. The molecule has 0 aliphatic heterocycles. The highest BCUT2D eigenvalue weighted by Gasteiger charge is 2.29. The second-order valence-electron chi connectivity index (χ2n) is 11.1. The molecular formula is C29H40N4O6. The van der Waals surface area contributed by atoms with Gasteiger partial charge in [-0.15, -0.1) is 0 Å². The van der Waals surface area contributed by atoms with Gasteiger partial charge in [-0.2, -0.15) is 0 Å². The van der Waals surface area contributed by atoms with E-state index in [1.807, 2.05) is 18.2 Å². The van der Waals surface area contributed by atoms with Gasteiger partial charge in [0.1, 0.15) is 17.7 Å². The van der Waals surface area contributed by atoms with Crippen LogP contribution in [0.5, 0.6) is 0 Å². The van der Waals surface area contributed by atoms with Gasteiger partial charge in [-0.05, 0) is 88.0 Å². The average Bonchev–Trinajstić information content (AvgIpc) is 3.81. The Bertz CT molecular complexity index is 1050. The van der Waals surface area contributed by atoms with E-state index in [1.165, 1.54) is 12.8 Å². The van der Waals surface area contributed by atoms with Gasteiger partial charge in [0.05, 0.1) is 13.2 Å².